The van der Waals surface area contributed by atoms with Crippen LogP contribution in [0, 0.1) is 6.92 Å². The molecule has 0 unspecified atom stereocenters. The van der Waals surface area contributed by atoms with E-state index in [1.165, 1.54) is 12.1 Å². The number of fused-ring (bicyclic) bond motifs is 1. The molecule has 1 aliphatic carbocycles. The first-order chi connectivity index (χ1) is 17.7. The number of hydrogen-bond donors (Lipinski definition) is 1. The number of sulfonamides is 1. The molecule has 1 aromatic heterocycles. The summed E-state index contributed by atoms with van der Waals surface area (Å²) in [6, 6.07) is 21.1. The molecule has 2 heterocycles. The Morgan fingerprint density at radius 3 is 2.32 bits per heavy atom. The van der Waals surface area contributed by atoms with Crippen LogP contribution in [0.25, 0.3) is 39.4 Å². The van der Waals surface area contributed by atoms with E-state index in [0.29, 0.717) is 33.3 Å². The van der Waals surface area contributed by atoms with Gasteiger partial charge in [0.2, 0.25) is 10.0 Å². The number of esters is 1. The van der Waals surface area contributed by atoms with E-state index < -0.39 is 16.0 Å². The number of aromatic nitrogens is 1. The van der Waals surface area contributed by atoms with Crippen molar-refractivity contribution >= 4 is 27.6 Å². The fraction of sp³-hybridized carbons (Fsp3) is 0.107. The van der Waals surface area contributed by atoms with Crippen LogP contribution < -0.4 is 5.14 Å². The van der Waals surface area contributed by atoms with E-state index in [0.717, 1.165) is 22.4 Å². The third-order valence-electron chi connectivity index (χ3n) is 6.15. The summed E-state index contributed by atoms with van der Waals surface area (Å²) in [5.41, 5.74) is 5.53. The molecule has 5 rings (SSSR count). The summed E-state index contributed by atoms with van der Waals surface area (Å²) in [6.45, 7) is 3.79. The second kappa shape index (κ2) is 9.55. The number of rotatable bonds is 6. The van der Waals surface area contributed by atoms with Gasteiger partial charge in [0.1, 0.15) is 5.76 Å². The molecule has 0 radical (unpaired) electrons. The summed E-state index contributed by atoms with van der Waals surface area (Å²) in [5, 5.41) is 5.88. The predicted octanol–water partition coefficient (Wildman–Crippen LogP) is 6.30. The number of benzene rings is 2. The molecular formula is C28H23ClN2O5S. The molecule has 0 saturated heterocycles. The van der Waals surface area contributed by atoms with E-state index in [4.69, 9.17) is 25.9 Å². The molecule has 0 fully saturated rings. The van der Waals surface area contributed by atoms with Crippen LogP contribution in [0.1, 0.15) is 23.0 Å². The molecule has 0 atom stereocenters. The summed E-state index contributed by atoms with van der Waals surface area (Å²) in [6.07, 6.45) is 1.60. The Labute approximate surface area is 219 Å². The van der Waals surface area contributed by atoms with Crippen molar-refractivity contribution in [2.45, 2.75) is 18.7 Å². The van der Waals surface area contributed by atoms with Crippen molar-refractivity contribution in [3.63, 3.8) is 0 Å². The highest BCUT2D eigenvalue weighted by Gasteiger charge is 2.30. The van der Waals surface area contributed by atoms with Gasteiger partial charge in [-0.25, -0.2) is 18.4 Å². The average molecular weight is 535 g/mol. The molecule has 2 aromatic carbocycles. The van der Waals surface area contributed by atoms with E-state index >= 15 is 0 Å². The van der Waals surface area contributed by atoms with Crippen LogP contribution in [0.4, 0.5) is 0 Å². The van der Waals surface area contributed by atoms with E-state index in [1.54, 1.807) is 37.5 Å². The average Bonchev–Trinajstić information content (AvgIpc) is 3.43. The maximum Gasteiger partial charge on any atom is 0.340 e. The monoisotopic (exact) mass is 534 g/mol. The highest BCUT2D eigenvalue weighted by Crippen LogP contribution is 2.44. The number of hydrogen-bond acceptors (Lipinski definition) is 5. The quantitative estimate of drug-likeness (QED) is 0.257. The molecule has 3 aromatic rings. The molecule has 0 amide bonds. The fourth-order valence-electron chi connectivity index (χ4n) is 4.55. The van der Waals surface area contributed by atoms with Crippen molar-refractivity contribution in [2.24, 2.45) is 5.14 Å². The Balaban J connectivity index is 1.87. The fourth-order valence-corrected chi connectivity index (χ4v) is 5.19. The molecule has 7 nitrogen and oxygen atoms in total. The molecule has 2 aliphatic rings. The van der Waals surface area contributed by atoms with Crippen LogP contribution in [0.5, 0.6) is 0 Å². The number of nitrogens with zero attached hydrogens (tertiary/aromatic N) is 1. The minimum atomic E-state index is -3.87. The number of carbonyl (C=O) groups excluding carboxylic acids is 1. The van der Waals surface area contributed by atoms with Gasteiger partial charge in [-0.05, 0) is 85.6 Å². The van der Waals surface area contributed by atoms with Crippen molar-refractivity contribution in [3.05, 3.63) is 95.3 Å². The van der Waals surface area contributed by atoms with Crippen LogP contribution in [-0.2, 0) is 14.8 Å². The smallest absolute Gasteiger partial charge is 0.340 e. The third-order valence-corrected chi connectivity index (χ3v) is 7.33. The second-order valence-corrected chi connectivity index (χ2v) is 10.5. The second-order valence-electron chi connectivity index (χ2n) is 8.46. The number of carbonyl (C=O) groups is 1. The summed E-state index contributed by atoms with van der Waals surface area (Å²) in [5.74, 6) is 0.213. The van der Waals surface area contributed by atoms with E-state index in [2.05, 4.69) is 0 Å². The first-order valence-corrected chi connectivity index (χ1v) is 13.4. The van der Waals surface area contributed by atoms with Crippen molar-refractivity contribution in [1.82, 2.24) is 4.57 Å². The van der Waals surface area contributed by atoms with Gasteiger partial charge in [-0.3, -0.25) is 0 Å². The lowest BCUT2D eigenvalue weighted by Gasteiger charge is -2.14. The third kappa shape index (κ3) is 4.55. The van der Waals surface area contributed by atoms with Gasteiger partial charge < -0.3 is 13.7 Å². The van der Waals surface area contributed by atoms with E-state index in [1.807, 2.05) is 47.9 Å². The zero-order chi connectivity index (χ0) is 26.3. The van der Waals surface area contributed by atoms with Gasteiger partial charge in [0.15, 0.2) is 0 Å². The molecule has 188 valence electrons. The van der Waals surface area contributed by atoms with Gasteiger partial charge in [0, 0.05) is 27.5 Å². The van der Waals surface area contributed by atoms with Gasteiger partial charge in [0.05, 0.1) is 29.0 Å². The summed E-state index contributed by atoms with van der Waals surface area (Å²) >= 11 is 6.19. The van der Waals surface area contributed by atoms with Gasteiger partial charge in [-0.2, -0.15) is 0 Å². The van der Waals surface area contributed by atoms with Gasteiger partial charge in [0.25, 0.3) is 0 Å². The van der Waals surface area contributed by atoms with E-state index in [-0.39, 0.29) is 11.5 Å². The Bertz CT molecular complexity index is 1650. The molecular weight excluding hydrogens is 512 g/mol. The minimum Gasteiger partial charge on any atom is -0.464 e. The zero-order valence-electron chi connectivity index (χ0n) is 20.1. The SMILES string of the molecule is CCOC(=O)c1c(-c2cc3cccoc-3c2)c(-c2ccc(Cl)cc2)n(-c2ccc(S(N)(=O)=O)cc2)c1C. The lowest BCUT2D eigenvalue weighted by atomic mass is 9.98. The van der Waals surface area contributed by atoms with Gasteiger partial charge in [-0.15, -0.1) is 0 Å². The summed E-state index contributed by atoms with van der Waals surface area (Å²) < 4.78 is 36.8. The van der Waals surface area contributed by atoms with Crippen LogP contribution in [0.15, 0.2) is 88.4 Å². The number of halogens is 1. The van der Waals surface area contributed by atoms with Crippen LogP contribution >= 0.6 is 11.6 Å². The Morgan fingerprint density at radius 2 is 1.70 bits per heavy atom. The first kappa shape index (κ1) is 24.8. The van der Waals surface area contributed by atoms with Crippen LogP contribution in [0.2, 0.25) is 5.02 Å². The minimum absolute atomic E-state index is 0.0103. The van der Waals surface area contributed by atoms with Crippen molar-refractivity contribution in [1.29, 1.82) is 0 Å². The first-order valence-electron chi connectivity index (χ1n) is 11.5. The van der Waals surface area contributed by atoms with Gasteiger partial charge in [-0.1, -0.05) is 23.7 Å². The summed E-state index contributed by atoms with van der Waals surface area (Å²) in [7, 11) is -3.87. The molecule has 1 aliphatic heterocycles. The maximum absolute atomic E-state index is 13.4. The highest BCUT2D eigenvalue weighted by atomic mass is 35.5. The molecule has 0 saturated carbocycles. The Kier molecular flexibility index (Phi) is 6.41. The number of nitrogens with two attached hydrogens (primary N) is 1. The zero-order valence-corrected chi connectivity index (χ0v) is 21.6. The molecule has 2 N–H and O–H groups in total. The largest absolute Gasteiger partial charge is 0.464 e. The molecule has 9 heteroatoms. The van der Waals surface area contributed by atoms with Crippen LogP contribution in [-0.4, -0.2) is 25.6 Å². The van der Waals surface area contributed by atoms with Crippen molar-refractivity contribution < 1.29 is 22.4 Å². The Hall–Kier alpha value is -3.85. The maximum atomic E-state index is 13.4. The van der Waals surface area contributed by atoms with E-state index in [9.17, 15) is 13.2 Å². The molecule has 37 heavy (non-hydrogen) atoms. The summed E-state index contributed by atoms with van der Waals surface area (Å²) in [4.78, 5) is 13.4. The molecule has 0 bridgehead atoms. The lowest BCUT2D eigenvalue weighted by Crippen LogP contribution is -2.12. The van der Waals surface area contributed by atoms with Crippen molar-refractivity contribution in [3.8, 4) is 39.4 Å². The molecule has 0 spiro atoms. The lowest BCUT2D eigenvalue weighted by molar-refractivity contribution is 0.0526. The van der Waals surface area contributed by atoms with Crippen molar-refractivity contribution in [2.75, 3.05) is 6.61 Å². The van der Waals surface area contributed by atoms with Crippen LogP contribution in [0.3, 0.4) is 0 Å². The number of primary sulfonamides is 1. The normalized spacial score (nSPS) is 11.7. The Morgan fingerprint density at radius 1 is 1.00 bits per heavy atom. The predicted molar refractivity (Wildman–Crippen MR) is 143 cm³/mol. The van der Waals surface area contributed by atoms with Gasteiger partial charge >= 0.3 is 5.97 Å². The standard InChI is InChI=1S/C28H23ClN2O5S/c1-3-35-28(32)25-17(2)31(22-10-12-23(13-11-22)37(30,33)34)27(18-6-8-21(29)9-7-18)26(25)20-15-19-5-4-14-36-24(19)16-20/h4-16H,3H2,1-2H3,(H2,30,33,34). The topological polar surface area (TPSA) is 105 Å². The highest BCUT2D eigenvalue weighted by molar-refractivity contribution is 7.89. The number of ether oxygens (including phenoxy) is 1.